The number of thiazole rings is 1. The molecule has 3 N–H and O–H groups in total. The van der Waals surface area contributed by atoms with Gasteiger partial charge >= 0.3 is 5.97 Å². The lowest BCUT2D eigenvalue weighted by Gasteiger charge is -2.04. The van der Waals surface area contributed by atoms with Gasteiger partial charge in [0, 0.05) is 5.38 Å². The highest BCUT2D eigenvalue weighted by Crippen LogP contribution is 2.16. The highest BCUT2D eigenvalue weighted by Gasteiger charge is 2.02. The molecule has 0 radical (unpaired) electrons. The Morgan fingerprint density at radius 2 is 2.43 bits per heavy atom. The van der Waals surface area contributed by atoms with Crippen LogP contribution in [0.4, 0.5) is 10.9 Å². The van der Waals surface area contributed by atoms with E-state index in [0.717, 1.165) is 5.56 Å². The van der Waals surface area contributed by atoms with Gasteiger partial charge in [0.05, 0.1) is 13.3 Å². The molecule has 8 heteroatoms. The molecule has 0 amide bonds. The maximum atomic E-state index is 11.0. The summed E-state index contributed by atoms with van der Waals surface area (Å²) in [5.41, 5.74) is 9.09. The monoisotopic (exact) mass is 306 g/mol. The molecule has 110 valence electrons. The maximum Gasteiger partial charge on any atom is 0.343 e. The van der Waals surface area contributed by atoms with Crippen molar-refractivity contribution >= 4 is 34.5 Å². The smallest absolute Gasteiger partial charge is 0.343 e. The van der Waals surface area contributed by atoms with Crippen LogP contribution in [0.3, 0.4) is 0 Å². The summed E-state index contributed by atoms with van der Waals surface area (Å²) >= 11 is 1.36. The highest BCUT2D eigenvalue weighted by atomic mass is 32.1. The second-order valence-corrected chi connectivity index (χ2v) is 4.74. The van der Waals surface area contributed by atoms with Crippen LogP contribution in [-0.2, 0) is 9.53 Å². The number of nitrogen functional groups attached to an aromatic ring is 1. The largest absolute Gasteiger partial charge is 0.482 e. The number of hydrazone groups is 1. The Balaban J connectivity index is 1.92. The van der Waals surface area contributed by atoms with Gasteiger partial charge in [-0.05, 0) is 17.7 Å². The Morgan fingerprint density at radius 3 is 3.14 bits per heavy atom. The first-order valence-corrected chi connectivity index (χ1v) is 6.85. The van der Waals surface area contributed by atoms with Gasteiger partial charge in [-0.15, -0.1) is 11.3 Å². The average Bonchev–Trinajstić information content (AvgIpc) is 2.91. The van der Waals surface area contributed by atoms with Crippen molar-refractivity contribution in [3.05, 3.63) is 35.2 Å². The third-order valence-corrected chi connectivity index (χ3v) is 3.10. The topological polar surface area (TPSA) is 98.8 Å². The van der Waals surface area contributed by atoms with Crippen molar-refractivity contribution in [2.45, 2.75) is 0 Å². The van der Waals surface area contributed by atoms with Gasteiger partial charge in [0.2, 0.25) is 5.13 Å². The van der Waals surface area contributed by atoms with E-state index >= 15 is 0 Å². The number of benzene rings is 1. The third kappa shape index (κ3) is 4.77. The number of hydrogen-bond acceptors (Lipinski definition) is 8. The van der Waals surface area contributed by atoms with E-state index in [1.165, 1.54) is 18.4 Å². The second kappa shape index (κ2) is 7.25. The second-order valence-electron chi connectivity index (χ2n) is 3.88. The minimum absolute atomic E-state index is 0.131. The van der Waals surface area contributed by atoms with Gasteiger partial charge < -0.3 is 15.2 Å². The molecular weight excluding hydrogens is 292 g/mol. The molecule has 2 rings (SSSR count). The molecule has 0 saturated carbocycles. The number of aromatic nitrogens is 1. The summed E-state index contributed by atoms with van der Waals surface area (Å²) in [6, 6.07) is 7.15. The lowest BCUT2D eigenvalue weighted by atomic mass is 10.2. The van der Waals surface area contributed by atoms with Gasteiger partial charge in [-0.3, -0.25) is 5.43 Å². The van der Waals surface area contributed by atoms with E-state index in [1.54, 1.807) is 29.8 Å². The number of esters is 1. The number of rotatable bonds is 6. The van der Waals surface area contributed by atoms with Gasteiger partial charge in [0.1, 0.15) is 11.6 Å². The molecule has 0 aliphatic carbocycles. The molecular formula is C13H14N4O3S. The fourth-order valence-electron chi connectivity index (χ4n) is 1.39. The van der Waals surface area contributed by atoms with Crippen LogP contribution < -0.4 is 15.9 Å². The molecule has 1 aromatic heterocycles. The van der Waals surface area contributed by atoms with Crippen LogP contribution in [0.25, 0.3) is 0 Å². The van der Waals surface area contributed by atoms with Crippen molar-refractivity contribution in [1.29, 1.82) is 0 Å². The SMILES string of the molecule is COC(=O)COc1cccc(C=NNc2nc(N)cs2)c1. The molecule has 0 aliphatic rings. The molecule has 1 heterocycles. The molecule has 0 unspecified atom stereocenters. The van der Waals surface area contributed by atoms with Gasteiger partial charge in [0.15, 0.2) is 6.61 Å². The first-order valence-electron chi connectivity index (χ1n) is 5.97. The summed E-state index contributed by atoms with van der Waals surface area (Å²) in [6.45, 7) is -0.131. The summed E-state index contributed by atoms with van der Waals surface area (Å²) in [6.07, 6.45) is 1.61. The average molecular weight is 306 g/mol. The number of hydrogen-bond donors (Lipinski definition) is 2. The Kier molecular flexibility index (Phi) is 5.10. The number of nitrogens with zero attached hydrogens (tertiary/aromatic N) is 2. The van der Waals surface area contributed by atoms with Crippen molar-refractivity contribution < 1.29 is 14.3 Å². The quantitative estimate of drug-likeness (QED) is 0.479. The van der Waals surface area contributed by atoms with E-state index in [4.69, 9.17) is 10.5 Å². The van der Waals surface area contributed by atoms with E-state index in [-0.39, 0.29) is 6.61 Å². The lowest BCUT2D eigenvalue weighted by Crippen LogP contribution is -2.12. The van der Waals surface area contributed by atoms with Crippen LogP contribution in [0.15, 0.2) is 34.7 Å². The predicted octanol–water partition coefficient (Wildman–Crippen LogP) is 1.72. The zero-order valence-corrected chi connectivity index (χ0v) is 12.1. The molecule has 0 fully saturated rings. The lowest BCUT2D eigenvalue weighted by molar-refractivity contribution is -0.142. The van der Waals surface area contributed by atoms with Crippen LogP contribution in [0.1, 0.15) is 5.56 Å². The fraction of sp³-hybridized carbons (Fsp3) is 0.154. The fourth-order valence-corrected chi connectivity index (χ4v) is 1.93. The third-order valence-electron chi connectivity index (χ3n) is 2.34. The van der Waals surface area contributed by atoms with Gasteiger partial charge in [0.25, 0.3) is 0 Å². The maximum absolute atomic E-state index is 11.0. The number of anilines is 2. The van der Waals surface area contributed by atoms with Crippen molar-refractivity contribution in [2.75, 3.05) is 24.9 Å². The molecule has 1 aromatic carbocycles. The molecule has 0 bridgehead atoms. The Hall–Kier alpha value is -2.61. The number of nitrogens with two attached hydrogens (primary N) is 1. The Morgan fingerprint density at radius 1 is 1.57 bits per heavy atom. The number of methoxy groups -OCH3 is 1. The molecule has 2 aromatic rings. The van der Waals surface area contributed by atoms with E-state index in [1.807, 2.05) is 6.07 Å². The van der Waals surface area contributed by atoms with Crippen LogP contribution in [-0.4, -0.2) is 30.9 Å². The standard InChI is InChI=1S/C13H14N4O3S/c1-19-12(18)7-20-10-4-2-3-9(5-10)6-15-17-13-16-11(14)8-21-13/h2-6,8H,7,14H2,1H3,(H,16,17). The minimum atomic E-state index is -0.433. The summed E-state index contributed by atoms with van der Waals surface area (Å²) in [5.74, 6) is 0.579. The summed E-state index contributed by atoms with van der Waals surface area (Å²) in [5, 5.41) is 6.38. The number of carbonyl (C=O) groups is 1. The molecule has 0 saturated heterocycles. The summed E-state index contributed by atoms with van der Waals surface area (Å²) < 4.78 is 9.79. The van der Waals surface area contributed by atoms with E-state index in [9.17, 15) is 4.79 Å². The van der Waals surface area contributed by atoms with Crippen LogP contribution in [0.2, 0.25) is 0 Å². The Bertz CT molecular complexity index is 642. The van der Waals surface area contributed by atoms with E-state index < -0.39 is 5.97 Å². The molecule has 0 spiro atoms. The Labute approximate surface area is 125 Å². The van der Waals surface area contributed by atoms with Crippen molar-refractivity contribution in [3.63, 3.8) is 0 Å². The number of ether oxygens (including phenoxy) is 2. The highest BCUT2D eigenvalue weighted by molar-refractivity contribution is 7.14. The number of nitrogens with one attached hydrogen (secondary N) is 1. The van der Waals surface area contributed by atoms with Crippen molar-refractivity contribution in [3.8, 4) is 5.75 Å². The number of carbonyl (C=O) groups excluding carboxylic acids is 1. The molecule has 7 nitrogen and oxygen atoms in total. The van der Waals surface area contributed by atoms with Gasteiger partial charge in [-0.25, -0.2) is 9.78 Å². The van der Waals surface area contributed by atoms with Gasteiger partial charge in [-0.2, -0.15) is 5.10 Å². The molecule has 0 aliphatic heterocycles. The van der Waals surface area contributed by atoms with Gasteiger partial charge in [-0.1, -0.05) is 12.1 Å². The first kappa shape index (κ1) is 14.8. The normalized spacial score (nSPS) is 10.5. The van der Waals surface area contributed by atoms with Crippen LogP contribution in [0, 0.1) is 0 Å². The van der Waals surface area contributed by atoms with Crippen LogP contribution >= 0.6 is 11.3 Å². The minimum Gasteiger partial charge on any atom is -0.482 e. The summed E-state index contributed by atoms with van der Waals surface area (Å²) in [4.78, 5) is 15.0. The van der Waals surface area contributed by atoms with Crippen LogP contribution in [0.5, 0.6) is 5.75 Å². The van der Waals surface area contributed by atoms with E-state index in [2.05, 4.69) is 20.2 Å². The van der Waals surface area contributed by atoms with E-state index in [0.29, 0.717) is 16.7 Å². The first-order chi connectivity index (χ1) is 10.2. The zero-order chi connectivity index (χ0) is 15.1. The molecule has 21 heavy (non-hydrogen) atoms. The van der Waals surface area contributed by atoms with Crippen molar-refractivity contribution in [2.24, 2.45) is 5.10 Å². The summed E-state index contributed by atoms with van der Waals surface area (Å²) in [7, 11) is 1.31. The van der Waals surface area contributed by atoms with Crippen molar-refractivity contribution in [1.82, 2.24) is 4.98 Å². The zero-order valence-electron chi connectivity index (χ0n) is 11.3. The predicted molar refractivity (Wildman–Crippen MR) is 81.7 cm³/mol. The molecule has 0 atom stereocenters.